The Bertz CT molecular complexity index is 531. The highest BCUT2D eigenvalue weighted by atomic mass is 127. The van der Waals surface area contributed by atoms with Crippen LogP contribution in [0.4, 0.5) is 0 Å². The normalized spacial score (nSPS) is 33.7. The lowest BCUT2D eigenvalue weighted by molar-refractivity contribution is -0.156. The molecular weight excluding hydrogens is 475 g/mol. The van der Waals surface area contributed by atoms with Gasteiger partial charge in [0.05, 0.1) is 0 Å². The highest BCUT2D eigenvalue weighted by Crippen LogP contribution is 2.52. The Hall–Kier alpha value is -0.0200. The van der Waals surface area contributed by atoms with E-state index < -0.39 is 12.0 Å². The summed E-state index contributed by atoms with van der Waals surface area (Å²) in [6.07, 6.45) is 14.6. The van der Waals surface area contributed by atoms with Gasteiger partial charge in [-0.3, -0.25) is 4.79 Å². The summed E-state index contributed by atoms with van der Waals surface area (Å²) in [6.45, 7) is 3.76. The fraction of sp³-hybridized carbons (Fsp3) is 0.900. The monoisotopic (exact) mass is 508 g/mol. The van der Waals surface area contributed by atoms with Gasteiger partial charge in [-0.2, -0.15) is 0 Å². The van der Waals surface area contributed by atoms with Crippen LogP contribution < -0.4 is 5.32 Å². The Morgan fingerprint density at radius 2 is 1.56 bits per heavy atom. The lowest BCUT2D eigenvalue weighted by Crippen LogP contribution is -2.63. The maximum atomic E-state index is 11.5. The van der Waals surface area contributed by atoms with Gasteiger partial charge in [-0.05, 0) is 39.5 Å². The second-order valence-electron chi connectivity index (χ2n) is 8.84. The molecule has 0 aromatic heterocycles. The molecule has 3 atom stereocenters. The summed E-state index contributed by atoms with van der Waals surface area (Å²) >= 11 is 3.66. The molecule has 2 aliphatic heterocycles. The van der Waals surface area contributed by atoms with Crippen LogP contribution >= 0.6 is 34.4 Å². The summed E-state index contributed by atoms with van der Waals surface area (Å²) in [6, 6.07) is 1.07. The van der Waals surface area contributed by atoms with E-state index in [1.54, 1.807) is 11.8 Å². The van der Waals surface area contributed by atoms with E-state index in [9.17, 15) is 9.59 Å². The van der Waals surface area contributed by atoms with Crippen molar-refractivity contribution in [3.05, 3.63) is 0 Å². The second kappa shape index (κ2) is 9.20. The van der Waals surface area contributed by atoms with Gasteiger partial charge in [-0.25, -0.2) is 4.79 Å². The van der Waals surface area contributed by atoms with Gasteiger partial charge in [0.2, 0.25) is 5.91 Å². The van der Waals surface area contributed by atoms with Crippen LogP contribution in [-0.2, 0) is 9.59 Å². The Morgan fingerprint density at radius 3 is 2.00 bits per heavy atom. The minimum absolute atomic E-state index is 0.0407. The number of nitrogens with zero attached hydrogens (tertiary/aromatic N) is 1. The summed E-state index contributed by atoms with van der Waals surface area (Å²) in [5.41, 5.74) is 0. The molecule has 0 aromatic carbocycles. The Kier molecular flexibility index (Phi) is 7.39. The predicted octanol–water partition coefficient (Wildman–Crippen LogP) is 4.18. The van der Waals surface area contributed by atoms with Crippen molar-refractivity contribution in [1.82, 2.24) is 10.2 Å². The van der Waals surface area contributed by atoms with Gasteiger partial charge < -0.3 is 15.3 Å². The zero-order chi connectivity index (χ0) is 19.6. The first-order valence-electron chi connectivity index (χ1n) is 10.4. The number of carboxylic acids is 1. The molecule has 4 aliphatic rings. The molecule has 7 heteroatoms. The fourth-order valence-electron chi connectivity index (χ4n) is 4.84. The van der Waals surface area contributed by atoms with Crippen LogP contribution in [0.1, 0.15) is 78.1 Å². The van der Waals surface area contributed by atoms with E-state index in [1.807, 2.05) is 13.8 Å². The van der Waals surface area contributed by atoms with Crippen LogP contribution in [0, 0.1) is 0 Å². The number of rotatable bonds is 3. The van der Waals surface area contributed by atoms with Crippen molar-refractivity contribution >= 4 is 46.2 Å². The molecular formula is C20H33IN2O3S. The number of carbonyl (C=O) groups excluding carboxylic acids is 1. The number of aliphatic carboxylic acids is 1. The summed E-state index contributed by atoms with van der Waals surface area (Å²) in [7, 11) is 0. The maximum absolute atomic E-state index is 11.5. The standard InChI is InChI=1S/C12H23N.C8H10INO3S/c1-3-7-11(8-4-1)13-12-9-5-2-6-10-12;1-8(2)4(7(12)13)10-5(11)3(9)6(10)14-8/h11-13H,1-10H2;3-4,6H,1-2H3,(H,12,13)/t;3-,4-,6+/m.0/s1. The highest BCUT2D eigenvalue weighted by molar-refractivity contribution is 14.1. The highest BCUT2D eigenvalue weighted by Gasteiger charge is 2.62. The first-order chi connectivity index (χ1) is 12.8. The molecule has 4 rings (SSSR count). The molecule has 2 N–H and O–H groups in total. The number of carboxylic acid groups (broad SMARTS) is 1. The van der Waals surface area contributed by atoms with Crippen molar-refractivity contribution in [3.8, 4) is 0 Å². The van der Waals surface area contributed by atoms with Crippen LogP contribution in [0.3, 0.4) is 0 Å². The van der Waals surface area contributed by atoms with Gasteiger partial charge in [0.1, 0.15) is 15.3 Å². The molecule has 0 bridgehead atoms. The first-order valence-corrected chi connectivity index (χ1v) is 12.6. The van der Waals surface area contributed by atoms with Crippen molar-refractivity contribution in [1.29, 1.82) is 0 Å². The van der Waals surface area contributed by atoms with Crippen molar-refractivity contribution in [2.75, 3.05) is 0 Å². The van der Waals surface area contributed by atoms with Crippen LogP contribution in [0.25, 0.3) is 0 Å². The number of thioether (sulfide) groups is 1. The number of hydrogen-bond donors (Lipinski definition) is 2. The lowest BCUT2D eigenvalue weighted by Gasteiger charge is -2.40. The average molecular weight is 508 g/mol. The van der Waals surface area contributed by atoms with Crippen molar-refractivity contribution in [2.45, 2.75) is 110 Å². The smallest absolute Gasteiger partial charge is 0.327 e. The number of carbonyl (C=O) groups is 2. The zero-order valence-electron chi connectivity index (χ0n) is 16.5. The number of amides is 1. The minimum atomic E-state index is -0.901. The molecule has 0 aromatic rings. The molecule has 0 spiro atoms. The van der Waals surface area contributed by atoms with Gasteiger partial charge >= 0.3 is 5.97 Å². The number of β-lactam (4-membered cyclic amide) rings is 1. The van der Waals surface area contributed by atoms with Crippen LogP contribution in [0.2, 0.25) is 0 Å². The van der Waals surface area contributed by atoms with Gasteiger partial charge in [-0.1, -0.05) is 61.1 Å². The Labute approximate surface area is 180 Å². The van der Waals surface area contributed by atoms with E-state index in [1.165, 1.54) is 69.1 Å². The summed E-state index contributed by atoms with van der Waals surface area (Å²) in [5.74, 6) is -0.942. The van der Waals surface area contributed by atoms with E-state index in [2.05, 4.69) is 27.9 Å². The van der Waals surface area contributed by atoms with Gasteiger partial charge in [0.25, 0.3) is 0 Å². The van der Waals surface area contributed by atoms with Gasteiger partial charge in [-0.15, -0.1) is 11.8 Å². The van der Waals surface area contributed by atoms with Crippen molar-refractivity contribution < 1.29 is 14.7 Å². The number of halogens is 1. The molecule has 0 radical (unpaired) electrons. The molecule has 0 unspecified atom stereocenters. The molecule has 5 nitrogen and oxygen atoms in total. The van der Waals surface area contributed by atoms with Gasteiger partial charge in [0.15, 0.2) is 0 Å². The van der Waals surface area contributed by atoms with Gasteiger partial charge in [0, 0.05) is 16.8 Å². The Morgan fingerprint density at radius 1 is 1.07 bits per heavy atom. The maximum Gasteiger partial charge on any atom is 0.327 e. The molecule has 2 heterocycles. The van der Waals surface area contributed by atoms with E-state index in [4.69, 9.17) is 5.11 Å². The summed E-state index contributed by atoms with van der Waals surface area (Å²) in [4.78, 5) is 24.0. The predicted molar refractivity (Wildman–Crippen MR) is 118 cm³/mol. The second-order valence-corrected chi connectivity index (χ2v) is 11.9. The quantitative estimate of drug-likeness (QED) is 0.340. The third-order valence-corrected chi connectivity index (χ3v) is 9.57. The third-order valence-electron chi connectivity index (χ3n) is 6.29. The fourth-order valence-corrected chi connectivity index (χ4v) is 7.49. The van der Waals surface area contributed by atoms with Crippen LogP contribution in [0.5, 0.6) is 0 Å². The number of nitrogens with one attached hydrogen (secondary N) is 1. The number of fused-ring (bicyclic) bond motifs is 1. The SMILES string of the molecule is C1CCC(NC2CCCCC2)CC1.CC1(C)S[C@@H]2[C@@H](I)C(=O)N2[C@H]1C(=O)O. The van der Waals surface area contributed by atoms with Crippen LogP contribution in [0.15, 0.2) is 0 Å². The molecule has 27 heavy (non-hydrogen) atoms. The minimum Gasteiger partial charge on any atom is -0.480 e. The number of alkyl halides is 1. The molecule has 4 fully saturated rings. The molecule has 2 saturated carbocycles. The topological polar surface area (TPSA) is 69.6 Å². The molecule has 2 saturated heterocycles. The zero-order valence-corrected chi connectivity index (χ0v) is 19.4. The summed E-state index contributed by atoms with van der Waals surface area (Å²) in [5, 5.41) is 13.0. The average Bonchev–Trinajstić information content (AvgIpc) is 2.92. The first kappa shape index (κ1) is 21.7. The summed E-state index contributed by atoms with van der Waals surface area (Å²) < 4.78 is -0.437. The third kappa shape index (κ3) is 4.94. The Balaban J connectivity index is 0.000000156. The van der Waals surface area contributed by atoms with E-state index in [0.29, 0.717) is 0 Å². The van der Waals surface area contributed by atoms with Crippen molar-refractivity contribution in [2.24, 2.45) is 0 Å². The molecule has 154 valence electrons. The van der Waals surface area contributed by atoms with E-state index in [0.717, 1.165) is 12.1 Å². The van der Waals surface area contributed by atoms with Crippen LogP contribution in [-0.4, -0.2) is 54.1 Å². The molecule has 1 amide bonds. The van der Waals surface area contributed by atoms with E-state index >= 15 is 0 Å². The lowest BCUT2D eigenvalue weighted by atomic mass is 9.91. The molecule has 2 aliphatic carbocycles. The number of hydrogen-bond acceptors (Lipinski definition) is 4. The van der Waals surface area contributed by atoms with E-state index in [-0.39, 0.29) is 20.0 Å². The van der Waals surface area contributed by atoms with Crippen molar-refractivity contribution in [3.63, 3.8) is 0 Å². The largest absolute Gasteiger partial charge is 0.480 e.